The van der Waals surface area contributed by atoms with Gasteiger partial charge in [-0.15, -0.1) is 0 Å². The van der Waals surface area contributed by atoms with Crippen LogP contribution in [0.5, 0.6) is 0 Å². The maximum absolute atomic E-state index is 12.8. The second kappa shape index (κ2) is 7.05. The number of urea groups is 1. The molecule has 0 radical (unpaired) electrons. The fourth-order valence-electron chi connectivity index (χ4n) is 3.81. The normalized spacial score (nSPS) is 19.0. The number of nitrogens with zero attached hydrogens (tertiary/aromatic N) is 1. The molecule has 3 aromatic rings. The molecule has 156 valence electrons. The molecule has 0 saturated carbocycles. The Bertz CT molecular complexity index is 1150. The quantitative estimate of drug-likeness (QED) is 0.628. The smallest absolute Gasteiger partial charge is 0.344 e. The van der Waals surface area contributed by atoms with E-state index < -0.39 is 23.4 Å². The molecule has 4 amide bonds. The van der Waals surface area contributed by atoms with Gasteiger partial charge in [0, 0.05) is 10.9 Å². The average molecular weight is 409 g/mol. The Morgan fingerprint density at radius 2 is 2.03 bits per heavy atom. The number of hydrogen-bond acceptors (Lipinski definition) is 5. The average Bonchev–Trinajstić information content (AvgIpc) is 3.39. The Balaban J connectivity index is 1.53. The highest BCUT2D eigenvalue weighted by Gasteiger charge is 2.52. The van der Waals surface area contributed by atoms with Gasteiger partial charge in [0.2, 0.25) is 5.91 Å². The zero-order valence-corrected chi connectivity index (χ0v) is 17.2. The Kier molecular flexibility index (Phi) is 4.64. The highest BCUT2D eigenvalue weighted by Crippen LogP contribution is 2.30. The Morgan fingerprint density at radius 3 is 2.70 bits per heavy atom. The monoisotopic (exact) mass is 409 g/mol. The number of hydrogen-bond donors (Lipinski definition) is 2. The van der Waals surface area contributed by atoms with Crippen LogP contribution in [-0.4, -0.2) is 22.9 Å². The van der Waals surface area contributed by atoms with Gasteiger partial charge in [-0.2, -0.15) is 5.01 Å². The van der Waals surface area contributed by atoms with Crippen molar-refractivity contribution in [3.63, 3.8) is 0 Å². The molecule has 1 aliphatic heterocycles. The number of carbonyl (C=O) groups is 3. The molecule has 4 rings (SSSR count). The third kappa shape index (κ3) is 3.14. The lowest BCUT2D eigenvalue weighted by Crippen LogP contribution is -2.48. The van der Waals surface area contributed by atoms with Crippen LogP contribution in [0.1, 0.15) is 49.1 Å². The summed E-state index contributed by atoms with van der Waals surface area (Å²) in [6.45, 7) is 7.76. The first-order chi connectivity index (χ1) is 14.2. The van der Waals surface area contributed by atoms with E-state index >= 15 is 0 Å². The lowest BCUT2D eigenvalue weighted by molar-refractivity contribution is -0.139. The van der Waals surface area contributed by atoms with Crippen molar-refractivity contribution in [2.45, 2.75) is 45.6 Å². The van der Waals surface area contributed by atoms with Crippen molar-refractivity contribution in [3.8, 4) is 0 Å². The van der Waals surface area contributed by atoms with E-state index in [-0.39, 0.29) is 12.2 Å². The summed E-state index contributed by atoms with van der Waals surface area (Å²) < 4.78 is 10.9. The number of furan rings is 2. The summed E-state index contributed by atoms with van der Waals surface area (Å²) in [4.78, 5) is 37.7. The van der Waals surface area contributed by atoms with Crippen LogP contribution < -0.4 is 10.7 Å². The van der Waals surface area contributed by atoms with Gasteiger partial charge in [-0.1, -0.05) is 13.8 Å². The van der Waals surface area contributed by atoms with Crippen molar-refractivity contribution in [3.05, 3.63) is 59.2 Å². The molecule has 3 heterocycles. The molecule has 1 atom stereocenters. The third-order valence-electron chi connectivity index (χ3n) is 5.46. The van der Waals surface area contributed by atoms with Gasteiger partial charge in [-0.25, -0.2) is 4.79 Å². The van der Waals surface area contributed by atoms with Gasteiger partial charge in [-0.05, 0) is 55.2 Å². The van der Waals surface area contributed by atoms with Gasteiger partial charge in [0.05, 0.1) is 18.9 Å². The molecule has 0 unspecified atom stereocenters. The molecule has 1 aromatic carbocycles. The number of amides is 4. The molecule has 0 aliphatic carbocycles. The molecule has 8 heteroatoms. The maximum Gasteiger partial charge on any atom is 0.344 e. The minimum Gasteiger partial charge on any atom is -0.466 e. The van der Waals surface area contributed by atoms with E-state index in [1.165, 1.54) is 25.0 Å². The highest BCUT2D eigenvalue weighted by atomic mass is 16.3. The molecular weight excluding hydrogens is 386 g/mol. The van der Waals surface area contributed by atoms with E-state index in [1.807, 2.05) is 19.1 Å². The van der Waals surface area contributed by atoms with Crippen LogP contribution in [0.15, 0.2) is 45.6 Å². The molecule has 0 bridgehead atoms. The lowest BCUT2D eigenvalue weighted by Gasteiger charge is -2.19. The van der Waals surface area contributed by atoms with Crippen molar-refractivity contribution < 1.29 is 23.2 Å². The molecule has 0 spiro atoms. The summed E-state index contributed by atoms with van der Waals surface area (Å²) >= 11 is 0. The van der Waals surface area contributed by atoms with Crippen molar-refractivity contribution in [2.75, 3.05) is 0 Å². The summed E-state index contributed by atoms with van der Waals surface area (Å²) in [5.74, 6) is -0.506. The Hall–Kier alpha value is -3.55. The number of aryl methyl sites for hydroxylation is 1. The van der Waals surface area contributed by atoms with Crippen LogP contribution in [0.4, 0.5) is 4.79 Å². The van der Waals surface area contributed by atoms with Crippen molar-refractivity contribution in [1.82, 2.24) is 15.8 Å². The second-order valence-electron chi connectivity index (χ2n) is 8.01. The first-order valence-corrected chi connectivity index (χ1v) is 9.71. The SMILES string of the molecule is Cc1cc2occ(CC(=O)NN3C(=O)N[C@](C)(c4ccco4)C3=O)c2cc1C(C)C. The minimum absolute atomic E-state index is 0.0396. The number of rotatable bonds is 5. The van der Waals surface area contributed by atoms with Gasteiger partial charge in [-0.3, -0.25) is 15.0 Å². The van der Waals surface area contributed by atoms with Gasteiger partial charge >= 0.3 is 6.03 Å². The van der Waals surface area contributed by atoms with Crippen LogP contribution in [0.25, 0.3) is 11.0 Å². The number of carbonyl (C=O) groups excluding carboxylic acids is 3. The Labute approximate surface area is 173 Å². The van der Waals surface area contributed by atoms with Gasteiger partial charge in [0.15, 0.2) is 5.54 Å². The predicted molar refractivity (Wildman–Crippen MR) is 108 cm³/mol. The number of hydrazine groups is 1. The first kappa shape index (κ1) is 19.8. The fourth-order valence-corrected chi connectivity index (χ4v) is 3.81. The maximum atomic E-state index is 12.8. The van der Waals surface area contributed by atoms with E-state index in [4.69, 9.17) is 8.83 Å². The molecule has 1 fully saturated rings. The zero-order chi connectivity index (χ0) is 21.6. The Morgan fingerprint density at radius 1 is 1.27 bits per heavy atom. The number of benzene rings is 1. The molecule has 2 aromatic heterocycles. The molecule has 1 aliphatic rings. The van der Waals surface area contributed by atoms with Crippen LogP contribution in [0, 0.1) is 6.92 Å². The second-order valence-corrected chi connectivity index (χ2v) is 8.01. The van der Waals surface area contributed by atoms with E-state index in [0.29, 0.717) is 22.1 Å². The standard InChI is InChI=1S/C22H23N3O5/c1-12(2)15-10-16-14(11-30-17(16)8-13(15)3)9-19(26)24-25-20(27)22(4,23-21(25)28)18-6-5-7-29-18/h5-8,10-12H,9H2,1-4H3,(H,23,28)(H,24,26)/t22-/m1/s1. The summed E-state index contributed by atoms with van der Waals surface area (Å²) in [6, 6.07) is 6.48. The molecular formula is C22H23N3O5. The first-order valence-electron chi connectivity index (χ1n) is 9.71. The van der Waals surface area contributed by atoms with Gasteiger partial charge in [0.25, 0.3) is 5.91 Å². The molecule has 8 nitrogen and oxygen atoms in total. The summed E-state index contributed by atoms with van der Waals surface area (Å²) in [6.07, 6.45) is 2.91. The predicted octanol–water partition coefficient (Wildman–Crippen LogP) is 3.50. The zero-order valence-electron chi connectivity index (χ0n) is 17.2. The van der Waals surface area contributed by atoms with E-state index in [9.17, 15) is 14.4 Å². The fraction of sp³-hybridized carbons (Fsp3) is 0.318. The van der Waals surface area contributed by atoms with Gasteiger partial charge < -0.3 is 14.2 Å². The molecule has 30 heavy (non-hydrogen) atoms. The topological polar surface area (TPSA) is 105 Å². The van der Waals surface area contributed by atoms with Crippen LogP contribution >= 0.6 is 0 Å². The minimum atomic E-state index is -1.38. The summed E-state index contributed by atoms with van der Waals surface area (Å²) in [5.41, 5.74) is 4.70. The van der Waals surface area contributed by atoms with Crippen molar-refractivity contribution >= 4 is 28.8 Å². The number of fused-ring (bicyclic) bond motifs is 1. The largest absolute Gasteiger partial charge is 0.466 e. The van der Waals surface area contributed by atoms with Crippen LogP contribution in [-0.2, 0) is 21.5 Å². The van der Waals surface area contributed by atoms with Crippen LogP contribution in [0.3, 0.4) is 0 Å². The van der Waals surface area contributed by atoms with E-state index in [2.05, 4.69) is 24.6 Å². The molecule has 2 N–H and O–H groups in total. The summed E-state index contributed by atoms with van der Waals surface area (Å²) in [5, 5.41) is 4.10. The molecule has 1 saturated heterocycles. The summed E-state index contributed by atoms with van der Waals surface area (Å²) in [7, 11) is 0. The van der Waals surface area contributed by atoms with Crippen molar-refractivity contribution in [1.29, 1.82) is 0 Å². The van der Waals surface area contributed by atoms with Gasteiger partial charge in [0.1, 0.15) is 11.3 Å². The number of nitrogens with one attached hydrogen (secondary N) is 2. The van der Waals surface area contributed by atoms with E-state index in [0.717, 1.165) is 10.9 Å². The lowest BCUT2D eigenvalue weighted by atomic mass is 9.95. The third-order valence-corrected chi connectivity index (χ3v) is 5.46. The van der Waals surface area contributed by atoms with E-state index in [1.54, 1.807) is 12.1 Å². The van der Waals surface area contributed by atoms with Crippen molar-refractivity contribution in [2.24, 2.45) is 0 Å². The number of imide groups is 1. The van der Waals surface area contributed by atoms with Crippen LogP contribution in [0.2, 0.25) is 0 Å². The highest BCUT2D eigenvalue weighted by molar-refractivity contribution is 6.08.